The number of hydrogen-bond acceptors (Lipinski definition) is 5. The van der Waals surface area contributed by atoms with Gasteiger partial charge in [-0.1, -0.05) is 13.8 Å². The molecule has 34 heavy (non-hydrogen) atoms. The third-order valence-electron chi connectivity index (χ3n) is 6.49. The van der Waals surface area contributed by atoms with Gasteiger partial charge in [-0.2, -0.15) is 18.3 Å². The van der Waals surface area contributed by atoms with E-state index in [9.17, 15) is 22.8 Å². The number of carbonyl (C=O) groups is 2. The first-order valence-corrected chi connectivity index (χ1v) is 12.7. The van der Waals surface area contributed by atoms with Crippen LogP contribution in [-0.2, 0) is 35.1 Å². The molecule has 6 nitrogen and oxygen atoms in total. The SMILES string of the molecule is CCC(C)OC(=O)c1c(NC(=O)C(C)Cn2nc(C(F)(F)F)cc2C2CC2)sc2c1CCCC2. The molecule has 186 valence electrons. The number of esters is 1. The number of aromatic nitrogens is 2. The first-order chi connectivity index (χ1) is 16.1. The molecule has 0 radical (unpaired) electrons. The highest BCUT2D eigenvalue weighted by molar-refractivity contribution is 7.17. The Kier molecular flexibility index (Phi) is 7.07. The van der Waals surface area contributed by atoms with E-state index in [1.165, 1.54) is 16.0 Å². The van der Waals surface area contributed by atoms with Gasteiger partial charge in [-0.15, -0.1) is 11.3 Å². The van der Waals surface area contributed by atoms with Crippen LogP contribution in [0.2, 0.25) is 0 Å². The zero-order valence-electron chi connectivity index (χ0n) is 19.6. The Labute approximate surface area is 200 Å². The van der Waals surface area contributed by atoms with E-state index in [-0.39, 0.29) is 24.5 Å². The summed E-state index contributed by atoms with van der Waals surface area (Å²) in [6.45, 7) is 5.45. The Morgan fingerprint density at radius 2 is 1.97 bits per heavy atom. The summed E-state index contributed by atoms with van der Waals surface area (Å²) < 4.78 is 46.5. The maximum atomic E-state index is 13.2. The van der Waals surface area contributed by atoms with Gasteiger partial charge >= 0.3 is 12.1 Å². The lowest BCUT2D eigenvalue weighted by Gasteiger charge is -2.16. The van der Waals surface area contributed by atoms with Crippen LogP contribution < -0.4 is 5.32 Å². The van der Waals surface area contributed by atoms with Crippen LogP contribution in [0.5, 0.6) is 0 Å². The summed E-state index contributed by atoms with van der Waals surface area (Å²) in [7, 11) is 0. The lowest BCUT2D eigenvalue weighted by molar-refractivity contribution is -0.141. The quantitative estimate of drug-likeness (QED) is 0.458. The number of alkyl halides is 3. The van der Waals surface area contributed by atoms with Crippen molar-refractivity contribution in [3.8, 4) is 0 Å². The van der Waals surface area contributed by atoms with Gasteiger partial charge in [0.05, 0.1) is 24.1 Å². The van der Waals surface area contributed by atoms with Crippen molar-refractivity contribution in [2.24, 2.45) is 5.92 Å². The number of aryl methyl sites for hydroxylation is 1. The summed E-state index contributed by atoms with van der Waals surface area (Å²) in [5.41, 5.74) is 0.975. The predicted octanol–water partition coefficient (Wildman–Crippen LogP) is 5.95. The highest BCUT2D eigenvalue weighted by Crippen LogP contribution is 2.42. The second-order valence-corrected chi connectivity index (χ2v) is 10.4. The van der Waals surface area contributed by atoms with Crippen molar-refractivity contribution < 1.29 is 27.5 Å². The van der Waals surface area contributed by atoms with E-state index in [4.69, 9.17) is 4.74 Å². The molecule has 2 unspecified atom stereocenters. The van der Waals surface area contributed by atoms with E-state index in [1.807, 2.05) is 13.8 Å². The Morgan fingerprint density at radius 3 is 2.62 bits per heavy atom. The van der Waals surface area contributed by atoms with Crippen molar-refractivity contribution in [3.05, 3.63) is 33.5 Å². The molecule has 1 fully saturated rings. The van der Waals surface area contributed by atoms with Gasteiger partial charge in [0.1, 0.15) is 5.00 Å². The monoisotopic (exact) mass is 497 g/mol. The molecule has 1 saturated carbocycles. The molecule has 0 saturated heterocycles. The molecular formula is C24H30F3N3O3S. The van der Waals surface area contributed by atoms with E-state index >= 15 is 0 Å². The smallest absolute Gasteiger partial charge is 0.435 e. The van der Waals surface area contributed by atoms with Crippen LogP contribution in [0.25, 0.3) is 0 Å². The summed E-state index contributed by atoms with van der Waals surface area (Å²) in [4.78, 5) is 27.1. The summed E-state index contributed by atoms with van der Waals surface area (Å²) >= 11 is 1.40. The number of carbonyl (C=O) groups excluding carboxylic acids is 2. The van der Waals surface area contributed by atoms with Crippen molar-refractivity contribution in [2.45, 2.75) is 90.5 Å². The number of amides is 1. The van der Waals surface area contributed by atoms with Crippen molar-refractivity contribution in [1.82, 2.24) is 9.78 Å². The Balaban J connectivity index is 1.53. The molecule has 0 spiro atoms. The summed E-state index contributed by atoms with van der Waals surface area (Å²) in [5, 5.41) is 7.10. The number of nitrogens with zero attached hydrogens (tertiary/aromatic N) is 2. The van der Waals surface area contributed by atoms with E-state index in [2.05, 4.69) is 10.4 Å². The van der Waals surface area contributed by atoms with Gasteiger partial charge in [-0.05, 0) is 63.5 Å². The molecule has 10 heteroatoms. The fourth-order valence-electron chi connectivity index (χ4n) is 4.20. The van der Waals surface area contributed by atoms with Gasteiger partial charge < -0.3 is 10.1 Å². The number of nitrogens with one attached hydrogen (secondary N) is 1. The molecule has 2 aromatic rings. The minimum atomic E-state index is -4.53. The third kappa shape index (κ3) is 5.31. The number of halogens is 3. The van der Waals surface area contributed by atoms with Gasteiger partial charge in [0.25, 0.3) is 0 Å². The van der Waals surface area contributed by atoms with Crippen molar-refractivity contribution in [1.29, 1.82) is 0 Å². The molecule has 1 N–H and O–H groups in total. The van der Waals surface area contributed by atoms with Gasteiger partial charge in [0.2, 0.25) is 5.91 Å². The minimum Gasteiger partial charge on any atom is -0.459 e. The Hall–Kier alpha value is -2.36. The summed E-state index contributed by atoms with van der Waals surface area (Å²) in [6.07, 6.45) is 1.19. The van der Waals surface area contributed by atoms with Crippen LogP contribution in [0.4, 0.5) is 18.2 Å². The van der Waals surface area contributed by atoms with Gasteiger partial charge in [-0.3, -0.25) is 9.48 Å². The number of ether oxygens (including phenoxy) is 1. The normalized spacial score (nSPS) is 17.7. The molecular weight excluding hydrogens is 467 g/mol. The molecule has 0 aromatic carbocycles. The molecule has 2 atom stereocenters. The average Bonchev–Trinajstić information content (AvgIpc) is 3.42. The predicted molar refractivity (Wildman–Crippen MR) is 123 cm³/mol. The third-order valence-corrected chi connectivity index (χ3v) is 7.69. The summed E-state index contributed by atoms with van der Waals surface area (Å²) in [5.74, 6) is -1.38. The van der Waals surface area contributed by atoms with Gasteiger partial charge in [0, 0.05) is 16.5 Å². The first kappa shape index (κ1) is 24.8. The topological polar surface area (TPSA) is 73.2 Å². The second-order valence-electron chi connectivity index (χ2n) is 9.34. The number of thiophene rings is 1. The maximum absolute atomic E-state index is 13.2. The van der Waals surface area contributed by atoms with E-state index in [0.29, 0.717) is 22.7 Å². The molecule has 4 rings (SSSR count). The fourth-order valence-corrected chi connectivity index (χ4v) is 5.48. The van der Waals surface area contributed by atoms with Crippen LogP contribution >= 0.6 is 11.3 Å². The molecule has 2 aliphatic rings. The zero-order chi connectivity index (χ0) is 24.6. The van der Waals surface area contributed by atoms with E-state index in [0.717, 1.165) is 55.0 Å². The van der Waals surface area contributed by atoms with Crippen LogP contribution in [0.15, 0.2) is 6.07 Å². The molecule has 2 heterocycles. The van der Waals surface area contributed by atoms with Crippen molar-refractivity contribution in [3.63, 3.8) is 0 Å². The fraction of sp³-hybridized carbons (Fsp3) is 0.625. The van der Waals surface area contributed by atoms with Crippen LogP contribution in [-0.4, -0.2) is 27.8 Å². The number of anilines is 1. The zero-order valence-corrected chi connectivity index (χ0v) is 20.4. The summed E-state index contributed by atoms with van der Waals surface area (Å²) in [6, 6.07) is 1.10. The molecule has 0 bridgehead atoms. The first-order valence-electron chi connectivity index (χ1n) is 11.9. The van der Waals surface area contributed by atoms with Crippen LogP contribution in [0.3, 0.4) is 0 Å². The van der Waals surface area contributed by atoms with Gasteiger partial charge in [0.15, 0.2) is 5.69 Å². The Morgan fingerprint density at radius 1 is 1.26 bits per heavy atom. The molecule has 0 aliphatic heterocycles. The van der Waals surface area contributed by atoms with E-state index < -0.39 is 23.8 Å². The highest BCUT2D eigenvalue weighted by Gasteiger charge is 2.38. The minimum absolute atomic E-state index is 0.0332. The number of rotatable bonds is 8. The highest BCUT2D eigenvalue weighted by atomic mass is 32.1. The van der Waals surface area contributed by atoms with Crippen LogP contribution in [0, 0.1) is 5.92 Å². The van der Waals surface area contributed by atoms with Gasteiger partial charge in [-0.25, -0.2) is 4.79 Å². The van der Waals surface area contributed by atoms with Crippen molar-refractivity contribution in [2.75, 3.05) is 5.32 Å². The number of hydrogen-bond donors (Lipinski definition) is 1. The molecule has 2 aliphatic carbocycles. The molecule has 1 amide bonds. The average molecular weight is 498 g/mol. The molecule has 2 aromatic heterocycles. The maximum Gasteiger partial charge on any atom is 0.435 e. The Bertz CT molecular complexity index is 1070. The van der Waals surface area contributed by atoms with Crippen LogP contribution in [0.1, 0.15) is 91.0 Å². The second kappa shape index (κ2) is 9.71. The lowest BCUT2D eigenvalue weighted by atomic mass is 9.95. The van der Waals surface area contributed by atoms with Crippen molar-refractivity contribution >= 4 is 28.2 Å². The largest absolute Gasteiger partial charge is 0.459 e. The lowest BCUT2D eigenvalue weighted by Crippen LogP contribution is -2.26. The number of fused-ring (bicyclic) bond motifs is 1. The standard InChI is InChI=1S/C24H30F3N3O3S/c1-4-14(3)33-23(32)20-16-7-5-6-8-18(16)34-22(20)28-21(31)13(2)12-30-17(15-9-10-15)11-19(29-30)24(25,26)27/h11,13-15H,4-10,12H2,1-3H3,(H,28,31). The van der Waals surface area contributed by atoms with E-state index in [1.54, 1.807) is 6.92 Å².